The summed E-state index contributed by atoms with van der Waals surface area (Å²) < 4.78 is 12.0. The third kappa shape index (κ3) is 3.67. The standard InChI is InChI=1S/C7H10FN/c1-3-7(5-9)4-6(2)8/h3-4H,1-2,5,9H2/b7-4+. The molecular formula is C7H10FN. The van der Waals surface area contributed by atoms with Crippen molar-refractivity contribution in [3.8, 4) is 0 Å². The van der Waals surface area contributed by atoms with E-state index in [2.05, 4.69) is 13.2 Å². The Kier molecular flexibility index (Phi) is 3.64. The van der Waals surface area contributed by atoms with Gasteiger partial charge in [0.05, 0.1) is 0 Å². The van der Waals surface area contributed by atoms with Crippen molar-refractivity contribution in [1.29, 1.82) is 0 Å². The van der Waals surface area contributed by atoms with Crippen LogP contribution in [0.5, 0.6) is 0 Å². The van der Waals surface area contributed by atoms with Gasteiger partial charge in [0.15, 0.2) is 0 Å². The van der Waals surface area contributed by atoms with Gasteiger partial charge >= 0.3 is 0 Å². The van der Waals surface area contributed by atoms with Gasteiger partial charge in [0.2, 0.25) is 0 Å². The van der Waals surface area contributed by atoms with Crippen LogP contribution in [0.4, 0.5) is 4.39 Å². The summed E-state index contributed by atoms with van der Waals surface area (Å²) in [5, 5.41) is 0. The quantitative estimate of drug-likeness (QED) is 0.572. The Balaban J connectivity index is 4.07. The lowest BCUT2D eigenvalue weighted by Crippen LogP contribution is -2.00. The topological polar surface area (TPSA) is 26.0 Å². The van der Waals surface area contributed by atoms with E-state index in [0.717, 1.165) is 0 Å². The summed E-state index contributed by atoms with van der Waals surface area (Å²) in [6.45, 7) is 6.77. The van der Waals surface area contributed by atoms with Gasteiger partial charge in [0, 0.05) is 6.54 Å². The van der Waals surface area contributed by atoms with Crippen molar-refractivity contribution in [3.05, 3.63) is 36.7 Å². The molecule has 1 nitrogen and oxygen atoms in total. The first-order chi connectivity index (χ1) is 4.20. The van der Waals surface area contributed by atoms with E-state index in [4.69, 9.17) is 5.73 Å². The van der Waals surface area contributed by atoms with Crippen LogP contribution in [0.25, 0.3) is 0 Å². The molecular weight excluding hydrogens is 117 g/mol. The molecule has 9 heavy (non-hydrogen) atoms. The normalized spacial score (nSPS) is 11.1. The van der Waals surface area contributed by atoms with Crippen molar-refractivity contribution >= 4 is 0 Å². The second kappa shape index (κ2) is 4.04. The molecule has 0 unspecified atom stereocenters. The first kappa shape index (κ1) is 8.11. The van der Waals surface area contributed by atoms with Crippen LogP contribution in [-0.2, 0) is 0 Å². The lowest BCUT2D eigenvalue weighted by molar-refractivity contribution is 0.669. The molecule has 0 spiro atoms. The van der Waals surface area contributed by atoms with E-state index >= 15 is 0 Å². The Hall–Kier alpha value is -0.890. The first-order valence-corrected chi connectivity index (χ1v) is 2.58. The Morgan fingerprint density at radius 2 is 2.22 bits per heavy atom. The van der Waals surface area contributed by atoms with Crippen molar-refractivity contribution in [1.82, 2.24) is 0 Å². The lowest BCUT2D eigenvalue weighted by atomic mass is 10.2. The van der Waals surface area contributed by atoms with Crippen LogP contribution in [-0.4, -0.2) is 6.54 Å². The zero-order valence-corrected chi connectivity index (χ0v) is 5.23. The van der Waals surface area contributed by atoms with Crippen LogP contribution >= 0.6 is 0 Å². The summed E-state index contributed by atoms with van der Waals surface area (Å²) >= 11 is 0. The smallest absolute Gasteiger partial charge is 0.116 e. The zero-order valence-electron chi connectivity index (χ0n) is 5.23. The van der Waals surface area contributed by atoms with E-state index in [1.807, 2.05) is 0 Å². The molecule has 0 aromatic heterocycles. The average Bonchev–Trinajstić information content (AvgIpc) is 1.82. The molecule has 0 rings (SSSR count). The summed E-state index contributed by atoms with van der Waals surface area (Å²) in [5.74, 6) is -0.490. The predicted molar refractivity (Wildman–Crippen MR) is 37.6 cm³/mol. The van der Waals surface area contributed by atoms with Gasteiger partial charge in [-0.3, -0.25) is 0 Å². The molecule has 0 aromatic rings. The molecule has 0 saturated heterocycles. The summed E-state index contributed by atoms with van der Waals surface area (Å²) in [6.07, 6.45) is 2.76. The number of halogens is 1. The van der Waals surface area contributed by atoms with E-state index in [1.54, 1.807) is 0 Å². The molecule has 0 atom stereocenters. The molecule has 0 saturated carbocycles. The molecule has 0 heterocycles. The second-order valence-electron chi connectivity index (χ2n) is 1.57. The van der Waals surface area contributed by atoms with Crippen LogP contribution in [0.1, 0.15) is 0 Å². The van der Waals surface area contributed by atoms with Crippen molar-refractivity contribution in [2.75, 3.05) is 6.54 Å². The summed E-state index contributed by atoms with van der Waals surface area (Å²) in [5.41, 5.74) is 5.84. The fourth-order valence-electron chi connectivity index (χ4n) is 0.402. The molecule has 0 amide bonds. The SMILES string of the molecule is C=C/C(=C\C(=C)F)CN. The maximum absolute atomic E-state index is 12.0. The molecule has 0 aliphatic rings. The van der Waals surface area contributed by atoms with E-state index in [0.29, 0.717) is 12.1 Å². The zero-order chi connectivity index (χ0) is 7.28. The molecule has 0 aliphatic carbocycles. The van der Waals surface area contributed by atoms with Gasteiger partial charge in [-0.25, -0.2) is 4.39 Å². The van der Waals surface area contributed by atoms with Crippen LogP contribution in [0, 0.1) is 0 Å². The summed E-state index contributed by atoms with van der Waals surface area (Å²) in [7, 11) is 0. The van der Waals surface area contributed by atoms with Crippen molar-refractivity contribution < 1.29 is 4.39 Å². The molecule has 0 fully saturated rings. The minimum Gasteiger partial charge on any atom is -0.326 e. The highest BCUT2D eigenvalue weighted by Crippen LogP contribution is 2.00. The van der Waals surface area contributed by atoms with Crippen molar-refractivity contribution in [2.45, 2.75) is 0 Å². The van der Waals surface area contributed by atoms with Gasteiger partial charge in [0.25, 0.3) is 0 Å². The van der Waals surface area contributed by atoms with E-state index in [1.165, 1.54) is 12.2 Å². The molecule has 50 valence electrons. The monoisotopic (exact) mass is 127 g/mol. The maximum atomic E-state index is 12.0. The Bertz CT molecular complexity index is 147. The molecule has 0 aromatic carbocycles. The third-order valence-electron chi connectivity index (χ3n) is 0.840. The van der Waals surface area contributed by atoms with Crippen LogP contribution in [0.2, 0.25) is 0 Å². The summed E-state index contributed by atoms with van der Waals surface area (Å²) in [4.78, 5) is 0. The van der Waals surface area contributed by atoms with Gasteiger partial charge in [0.1, 0.15) is 5.83 Å². The van der Waals surface area contributed by atoms with E-state index in [-0.39, 0.29) is 0 Å². The average molecular weight is 127 g/mol. The highest BCUT2D eigenvalue weighted by atomic mass is 19.1. The lowest BCUT2D eigenvalue weighted by Gasteiger charge is -1.91. The third-order valence-corrected chi connectivity index (χ3v) is 0.840. The van der Waals surface area contributed by atoms with Gasteiger partial charge < -0.3 is 5.73 Å². The van der Waals surface area contributed by atoms with Crippen LogP contribution in [0.3, 0.4) is 0 Å². The number of allylic oxidation sites excluding steroid dienone is 2. The minimum atomic E-state index is -0.490. The fraction of sp³-hybridized carbons (Fsp3) is 0.143. The number of rotatable bonds is 3. The minimum absolute atomic E-state index is 0.298. The molecule has 2 N–H and O–H groups in total. The fourth-order valence-corrected chi connectivity index (χ4v) is 0.402. The van der Waals surface area contributed by atoms with Crippen molar-refractivity contribution in [3.63, 3.8) is 0 Å². The molecule has 0 bridgehead atoms. The van der Waals surface area contributed by atoms with Crippen molar-refractivity contribution in [2.24, 2.45) is 5.73 Å². The van der Waals surface area contributed by atoms with Crippen LogP contribution < -0.4 is 5.73 Å². The number of hydrogen-bond donors (Lipinski definition) is 1. The second-order valence-corrected chi connectivity index (χ2v) is 1.57. The van der Waals surface area contributed by atoms with Gasteiger partial charge in [-0.1, -0.05) is 19.2 Å². The van der Waals surface area contributed by atoms with Gasteiger partial charge in [-0.15, -0.1) is 0 Å². The van der Waals surface area contributed by atoms with Gasteiger partial charge in [-0.2, -0.15) is 0 Å². The van der Waals surface area contributed by atoms with E-state index in [9.17, 15) is 4.39 Å². The van der Waals surface area contributed by atoms with Gasteiger partial charge in [-0.05, 0) is 11.6 Å². The summed E-state index contributed by atoms with van der Waals surface area (Å²) in [6, 6.07) is 0. The maximum Gasteiger partial charge on any atom is 0.116 e. The Morgan fingerprint density at radius 1 is 1.67 bits per heavy atom. The predicted octanol–water partition coefficient (Wildman–Crippen LogP) is 1.54. The highest BCUT2D eigenvalue weighted by Gasteiger charge is 1.86. The Morgan fingerprint density at radius 3 is 2.33 bits per heavy atom. The molecule has 0 aliphatic heterocycles. The highest BCUT2D eigenvalue weighted by molar-refractivity contribution is 5.24. The molecule has 0 radical (unpaired) electrons. The number of hydrogen-bond acceptors (Lipinski definition) is 1. The molecule has 2 heteroatoms. The number of nitrogens with two attached hydrogens (primary N) is 1. The van der Waals surface area contributed by atoms with Crippen LogP contribution in [0.15, 0.2) is 36.7 Å². The largest absolute Gasteiger partial charge is 0.326 e. The Labute approximate surface area is 54.4 Å². The van der Waals surface area contributed by atoms with E-state index < -0.39 is 5.83 Å². The first-order valence-electron chi connectivity index (χ1n) is 2.58.